The van der Waals surface area contributed by atoms with Crippen LogP contribution >= 0.6 is 0 Å². The quantitative estimate of drug-likeness (QED) is 0.612. The normalized spacial score (nSPS) is 10.2. The van der Waals surface area contributed by atoms with Gasteiger partial charge in [-0.3, -0.25) is 4.79 Å². The van der Waals surface area contributed by atoms with Crippen LogP contribution in [0.3, 0.4) is 0 Å². The molecule has 0 aliphatic heterocycles. The fourth-order valence-corrected chi connectivity index (χ4v) is 2.60. The predicted molar refractivity (Wildman–Crippen MR) is 108 cm³/mol. The highest BCUT2D eigenvalue weighted by molar-refractivity contribution is 5.96. The highest BCUT2D eigenvalue weighted by Crippen LogP contribution is 2.20. The zero-order chi connectivity index (χ0) is 19.8. The third kappa shape index (κ3) is 4.94. The highest BCUT2D eigenvalue weighted by atomic mass is 16.5. The van der Waals surface area contributed by atoms with Crippen molar-refractivity contribution in [2.24, 2.45) is 0 Å². The second-order valence-electron chi connectivity index (χ2n) is 5.99. The average molecular weight is 375 g/mol. The molecule has 0 radical (unpaired) electrons. The Balaban J connectivity index is 1.65. The molecule has 6 heteroatoms. The predicted octanol–water partition coefficient (Wildman–Crippen LogP) is 3.93. The topological polar surface area (TPSA) is 80.3 Å². The fourth-order valence-electron chi connectivity index (χ4n) is 2.60. The van der Waals surface area contributed by atoms with Crippen molar-refractivity contribution in [3.63, 3.8) is 0 Å². The summed E-state index contributed by atoms with van der Waals surface area (Å²) in [5, 5.41) is 5.95. The Morgan fingerprint density at radius 1 is 0.964 bits per heavy atom. The number of hydrogen-bond donors (Lipinski definition) is 2. The zero-order valence-corrected chi connectivity index (χ0v) is 15.5. The number of ether oxygens (including phenoxy) is 1. The molecule has 1 heterocycles. The summed E-state index contributed by atoms with van der Waals surface area (Å²) in [5.41, 5.74) is 2.50. The number of anilines is 2. The van der Waals surface area contributed by atoms with Crippen molar-refractivity contribution in [2.45, 2.75) is 13.5 Å². The van der Waals surface area contributed by atoms with Crippen LogP contribution in [0.4, 0.5) is 11.5 Å². The van der Waals surface area contributed by atoms with E-state index in [-0.39, 0.29) is 5.91 Å². The molecule has 0 atom stereocenters. The minimum absolute atomic E-state index is 0.199. The Bertz CT molecular complexity index is 941. The van der Waals surface area contributed by atoms with E-state index >= 15 is 0 Å². The summed E-state index contributed by atoms with van der Waals surface area (Å²) in [6, 6.07) is 20.1. The SMILES string of the molecule is CCOC(=O)c1ccccc1Nc1ccc(C(=O)NCc2ccccc2)cn1. The van der Waals surface area contributed by atoms with Crippen LogP contribution < -0.4 is 10.6 Å². The molecule has 0 bridgehead atoms. The first-order chi connectivity index (χ1) is 13.7. The van der Waals surface area contributed by atoms with Gasteiger partial charge in [0.05, 0.1) is 23.4 Å². The largest absolute Gasteiger partial charge is 0.462 e. The van der Waals surface area contributed by atoms with Gasteiger partial charge in [0.25, 0.3) is 5.91 Å². The van der Waals surface area contributed by atoms with Crippen LogP contribution in [0.1, 0.15) is 33.2 Å². The Kier molecular flexibility index (Phi) is 6.36. The van der Waals surface area contributed by atoms with Crippen molar-refractivity contribution >= 4 is 23.4 Å². The molecule has 2 aromatic carbocycles. The zero-order valence-electron chi connectivity index (χ0n) is 15.5. The lowest BCUT2D eigenvalue weighted by Gasteiger charge is -2.11. The molecule has 2 N–H and O–H groups in total. The van der Waals surface area contributed by atoms with Crippen molar-refractivity contribution in [3.8, 4) is 0 Å². The van der Waals surface area contributed by atoms with E-state index in [0.29, 0.717) is 35.8 Å². The fraction of sp³-hybridized carbons (Fsp3) is 0.136. The van der Waals surface area contributed by atoms with Gasteiger partial charge in [-0.15, -0.1) is 0 Å². The van der Waals surface area contributed by atoms with Crippen molar-refractivity contribution in [1.29, 1.82) is 0 Å². The van der Waals surface area contributed by atoms with Crippen LogP contribution in [-0.2, 0) is 11.3 Å². The molecule has 0 spiro atoms. The molecule has 0 saturated carbocycles. The molecule has 0 aliphatic carbocycles. The van der Waals surface area contributed by atoms with E-state index in [1.165, 1.54) is 6.20 Å². The number of nitrogens with zero attached hydrogens (tertiary/aromatic N) is 1. The van der Waals surface area contributed by atoms with Crippen LogP contribution in [0.15, 0.2) is 72.9 Å². The van der Waals surface area contributed by atoms with Crippen LogP contribution in [0.25, 0.3) is 0 Å². The Morgan fingerprint density at radius 3 is 2.43 bits per heavy atom. The molecule has 6 nitrogen and oxygen atoms in total. The number of para-hydroxylation sites is 1. The number of hydrogen-bond acceptors (Lipinski definition) is 5. The number of benzene rings is 2. The number of aromatic nitrogens is 1. The van der Waals surface area contributed by atoms with Gasteiger partial charge in [-0.05, 0) is 36.8 Å². The lowest BCUT2D eigenvalue weighted by molar-refractivity contribution is 0.0527. The number of nitrogens with one attached hydrogen (secondary N) is 2. The summed E-state index contributed by atoms with van der Waals surface area (Å²) in [4.78, 5) is 28.6. The van der Waals surface area contributed by atoms with Crippen molar-refractivity contribution in [3.05, 3.63) is 89.6 Å². The molecular weight excluding hydrogens is 354 g/mol. The smallest absolute Gasteiger partial charge is 0.340 e. The van der Waals surface area contributed by atoms with Crippen molar-refractivity contribution in [2.75, 3.05) is 11.9 Å². The number of amides is 1. The minimum atomic E-state index is -0.400. The van der Waals surface area contributed by atoms with E-state index < -0.39 is 5.97 Å². The number of pyridine rings is 1. The van der Waals surface area contributed by atoms with Gasteiger partial charge in [-0.2, -0.15) is 0 Å². The number of rotatable bonds is 7. The molecule has 0 unspecified atom stereocenters. The third-order valence-electron chi connectivity index (χ3n) is 4.01. The highest BCUT2D eigenvalue weighted by Gasteiger charge is 2.12. The van der Waals surface area contributed by atoms with Crippen LogP contribution in [-0.4, -0.2) is 23.5 Å². The van der Waals surface area contributed by atoms with E-state index in [0.717, 1.165) is 5.56 Å². The molecule has 1 aromatic heterocycles. The van der Waals surface area contributed by atoms with E-state index in [1.807, 2.05) is 36.4 Å². The molecule has 1 amide bonds. The van der Waals surface area contributed by atoms with Crippen molar-refractivity contribution < 1.29 is 14.3 Å². The van der Waals surface area contributed by atoms with Crippen molar-refractivity contribution in [1.82, 2.24) is 10.3 Å². The van der Waals surface area contributed by atoms with Crippen LogP contribution in [0.5, 0.6) is 0 Å². The standard InChI is InChI=1S/C22H21N3O3/c1-2-28-22(27)18-10-6-7-11-19(18)25-20-13-12-17(15-23-20)21(26)24-14-16-8-4-3-5-9-16/h3-13,15H,2,14H2,1H3,(H,23,25)(H,24,26). The average Bonchev–Trinajstić information content (AvgIpc) is 2.74. The van der Waals surface area contributed by atoms with Gasteiger partial charge in [0.2, 0.25) is 0 Å². The molecule has 0 saturated heterocycles. The van der Waals surface area contributed by atoms with E-state index in [2.05, 4.69) is 15.6 Å². The van der Waals surface area contributed by atoms with Gasteiger partial charge >= 0.3 is 5.97 Å². The molecule has 28 heavy (non-hydrogen) atoms. The van der Waals surface area contributed by atoms with E-state index in [4.69, 9.17) is 4.74 Å². The van der Waals surface area contributed by atoms with Gasteiger partial charge in [0, 0.05) is 12.7 Å². The van der Waals surface area contributed by atoms with Crippen LogP contribution in [0.2, 0.25) is 0 Å². The molecular formula is C22H21N3O3. The number of carbonyl (C=O) groups excluding carboxylic acids is 2. The molecule has 0 fully saturated rings. The number of esters is 1. The lowest BCUT2D eigenvalue weighted by atomic mass is 10.1. The maximum absolute atomic E-state index is 12.3. The van der Waals surface area contributed by atoms with Gasteiger partial charge in [0.15, 0.2) is 0 Å². The maximum Gasteiger partial charge on any atom is 0.340 e. The minimum Gasteiger partial charge on any atom is -0.462 e. The van der Waals surface area contributed by atoms with Crippen LogP contribution in [0, 0.1) is 0 Å². The first-order valence-electron chi connectivity index (χ1n) is 8.98. The summed E-state index contributed by atoms with van der Waals surface area (Å²) >= 11 is 0. The van der Waals surface area contributed by atoms with Gasteiger partial charge < -0.3 is 15.4 Å². The van der Waals surface area contributed by atoms with Gasteiger partial charge in [0.1, 0.15) is 5.82 Å². The first kappa shape index (κ1) is 19.1. The Labute approximate surface area is 163 Å². The summed E-state index contributed by atoms with van der Waals surface area (Å²) < 4.78 is 5.07. The molecule has 3 aromatic rings. The summed E-state index contributed by atoms with van der Waals surface area (Å²) in [7, 11) is 0. The summed E-state index contributed by atoms with van der Waals surface area (Å²) in [6.07, 6.45) is 1.50. The van der Waals surface area contributed by atoms with Gasteiger partial charge in [-0.1, -0.05) is 42.5 Å². The second kappa shape index (κ2) is 9.32. The number of carbonyl (C=O) groups is 2. The summed E-state index contributed by atoms with van der Waals surface area (Å²) in [5.74, 6) is -0.0753. The summed E-state index contributed by atoms with van der Waals surface area (Å²) in [6.45, 7) is 2.52. The second-order valence-corrected chi connectivity index (χ2v) is 5.99. The van der Waals surface area contributed by atoms with E-state index in [1.54, 1.807) is 37.3 Å². The maximum atomic E-state index is 12.3. The first-order valence-corrected chi connectivity index (χ1v) is 8.98. The van der Waals surface area contributed by atoms with Gasteiger partial charge in [-0.25, -0.2) is 9.78 Å². The molecule has 0 aliphatic rings. The monoisotopic (exact) mass is 375 g/mol. The Hall–Kier alpha value is -3.67. The molecule has 142 valence electrons. The van der Waals surface area contributed by atoms with E-state index in [9.17, 15) is 9.59 Å². The molecule has 3 rings (SSSR count). The Morgan fingerprint density at radius 2 is 1.71 bits per heavy atom. The third-order valence-corrected chi connectivity index (χ3v) is 4.01. The lowest BCUT2D eigenvalue weighted by Crippen LogP contribution is -2.22.